The highest BCUT2D eigenvalue weighted by molar-refractivity contribution is 6.31. The number of hydrogen-bond acceptors (Lipinski definition) is 3. The van der Waals surface area contributed by atoms with Crippen LogP contribution in [0.15, 0.2) is 18.5 Å². The molecule has 1 aliphatic heterocycles. The summed E-state index contributed by atoms with van der Waals surface area (Å²) in [5, 5.41) is 10.1. The quantitative estimate of drug-likeness (QED) is 0.931. The molecule has 2 heterocycles. The van der Waals surface area contributed by atoms with Gasteiger partial charge in [0.25, 0.3) is 0 Å². The molecular formula is C15H19ClN2O2. The van der Waals surface area contributed by atoms with Gasteiger partial charge in [-0.3, -0.25) is 14.7 Å². The van der Waals surface area contributed by atoms with E-state index >= 15 is 0 Å². The fraction of sp³-hybridized carbons (Fsp3) is 0.600. The SMILES string of the molecule is O=C(O)[C@@H]1C[C@@H]2CCCC[C@H]2N1Cc1ccncc1Cl. The number of hydrogen-bond donors (Lipinski definition) is 1. The van der Waals surface area contributed by atoms with Crippen LogP contribution >= 0.6 is 11.6 Å². The van der Waals surface area contributed by atoms with Crippen LogP contribution in [0.2, 0.25) is 5.02 Å². The van der Waals surface area contributed by atoms with E-state index in [0.29, 0.717) is 23.5 Å². The highest BCUT2D eigenvalue weighted by Gasteiger charge is 2.45. The van der Waals surface area contributed by atoms with Gasteiger partial charge in [0.15, 0.2) is 0 Å². The lowest BCUT2D eigenvalue weighted by atomic mass is 9.84. The minimum Gasteiger partial charge on any atom is -0.480 e. The van der Waals surface area contributed by atoms with Crippen molar-refractivity contribution in [1.82, 2.24) is 9.88 Å². The van der Waals surface area contributed by atoms with E-state index in [1.54, 1.807) is 12.4 Å². The molecule has 1 N–H and O–H groups in total. The Bertz CT molecular complexity index is 508. The molecule has 3 atom stereocenters. The molecule has 0 aromatic carbocycles. The number of pyridine rings is 1. The third kappa shape index (κ3) is 2.54. The number of carboxylic acid groups (broad SMARTS) is 1. The van der Waals surface area contributed by atoms with Crippen LogP contribution in [0.1, 0.15) is 37.7 Å². The Labute approximate surface area is 123 Å². The van der Waals surface area contributed by atoms with Crippen molar-refractivity contribution in [2.75, 3.05) is 0 Å². The highest BCUT2D eigenvalue weighted by atomic mass is 35.5. The Morgan fingerprint density at radius 3 is 3.00 bits per heavy atom. The first-order valence-corrected chi connectivity index (χ1v) is 7.61. The van der Waals surface area contributed by atoms with Crippen LogP contribution in [0.4, 0.5) is 0 Å². The zero-order chi connectivity index (χ0) is 14.1. The zero-order valence-corrected chi connectivity index (χ0v) is 12.1. The minimum atomic E-state index is -0.704. The standard InChI is InChI=1S/C15H19ClN2O2/c16-12-8-17-6-5-11(12)9-18-13-4-2-1-3-10(13)7-14(18)15(19)20/h5-6,8,10,13-14H,1-4,7,9H2,(H,19,20)/t10-,13+,14-/m0/s1. The molecule has 0 spiro atoms. The van der Waals surface area contributed by atoms with Gasteiger partial charge in [0, 0.05) is 25.0 Å². The van der Waals surface area contributed by atoms with Gasteiger partial charge in [0.1, 0.15) is 6.04 Å². The topological polar surface area (TPSA) is 53.4 Å². The Morgan fingerprint density at radius 1 is 1.45 bits per heavy atom. The lowest BCUT2D eigenvalue weighted by Crippen LogP contribution is -2.41. The second-order valence-corrected chi connectivity index (χ2v) is 6.25. The van der Waals surface area contributed by atoms with Crippen LogP contribution in [0.3, 0.4) is 0 Å². The first-order valence-electron chi connectivity index (χ1n) is 7.23. The Morgan fingerprint density at radius 2 is 2.25 bits per heavy atom. The van der Waals surface area contributed by atoms with Crippen molar-refractivity contribution < 1.29 is 9.90 Å². The second-order valence-electron chi connectivity index (χ2n) is 5.84. The molecule has 20 heavy (non-hydrogen) atoms. The summed E-state index contributed by atoms with van der Waals surface area (Å²) in [5.74, 6) is -0.171. The van der Waals surface area contributed by atoms with E-state index in [4.69, 9.17) is 11.6 Å². The number of rotatable bonds is 3. The molecule has 1 aliphatic carbocycles. The molecule has 1 saturated heterocycles. The summed E-state index contributed by atoms with van der Waals surface area (Å²) in [5.41, 5.74) is 0.971. The van der Waals surface area contributed by atoms with E-state index in [-0.39, 0.29) is 6.04 Å². The van der Waals surface area contributed by atoms with Crippen LogP contribution in [0.5, 0.6) is 0 Å². The first-order chi connectivity index (χ1) is 9.66. The van der Waals surface area contributed by atoms with Crippen LogP contribution in [-0.4, -0.2) is 33.0 Å². The maximum absolute atomic E-state index is 11.5. The summed E-state index contributed by atoms with van der Waals surface area (Å²) in [6.45, 7) is 0.611. The molecule has 2 fully saturated rings. The van der Waals surface area contributed by atoms with E-state index in [1.165, 1.54) is 12.8 Å². The molecule has 0 bridgehead atoms. The average Bonchev–Trinajstić information content (AvgIpc) is 2.81. The van der Waals surface area contributed by atoms with Crippen molar-refractivity contribution >= 4 is 17.6 Å². The predicted molar refractivity (Wildman–Crippen MR) is 76.6 cm³/mol. The van der Waals surface area contributed by atoms with Gasteiger partial charge in [-0.15, -0.1) is 0 Å². The number of carboxylic acids is 1. The Hall–Kier alpha value is -1.13. The number of nitrogens with zero attached hydrogens (tertiary/aromatic N) is 2. The monoisotopic (exact) mass is 294 g/mol. The summed E-state index contributed by atoms with van der Waals surface area (Å²) in [6.07, 6.45) is 8.83. The fourth-order valence-corrected chi connectivity index (χ4v) is 3.93. The van der Waals surface area contributed by atoms with Crippen molar-refractivity contribution in [2.45, 2.75) is 50.7 Å². The average molecular weight is 295 g/mol. The largest absolute Gasteiger partial charge is 0.480 e. The number of aliphatic carboxylic acids is 1. The maximum atomic E-state index is 11.5. The Kier molecular flexibility index (Phi) is 3.94. The maximum Gasteiger partial charge on any atom is 0.320 e. The lowest BCUT2D eigenvalue weighted by molar-refractivity contribution is -0.142. The third-order valence-electron chi connectivity index (χ3n) is 4.72. The lowest BCUT2D eigenvalue weighted by Gasteiger charge is -2.33. The van der Waals surface area contributed by atoms with E-state index in [0.717, 1.165) is 24.8 Å². The van der Waals surface area contributed by atoms with Crippen LogP contribution in [0, 0.1) is 5.92 Å². The molecule has 3 rings (SSSR count). The molecule has 1 aromatic rings. The summed E-state index contributed by atoms with van der Waals surface area (Å²) < 4.78 is 0. The molecule has 2 aliphatic rings. The van der Waals surface area contributed by atoms with Crippen molar-refractivity contribution in [2.24, 2.45) is 5.92 Å². The minimum absolute atomic E-state index is 0.368. The van der Waals surface area contributed by atoms with Gasteiger partial charge in [0.05, 0.1) is 5.02 Å². The number of likely N-dealkylation sites (tertiary alicyclic amines) is 1. The number of halogens is 1. The summed E-state index contributed by atoms with van der Waals surface area (Å²) in [7, 11) is 0. The van der Waals surface area contributed by atoms with Crippen LogP contribution in [-0.2, 0) is 11.3 Å². The summed E-state index contributed by atoms with van der Waals surface area (Å²) >= 11 is 6.17. The van der Waals surface area contributed by atoms with Gasteiger partial charge in [0.2, 0.25) is 0 Å². The van der Waals surface area contributed by atoms with Gasteiger partial charge in [-0.05, 0) is 36.8 Å². The Balaban J connectivity index is 1.84. The van der Waals surface area contributed by atoms with Crippen molar-refractivity contribution in [3.8, 4) is 0 Å². The van der Waals surface area contributed by atoms with Gasteiger partial charge in [-0.2, -0.15) is 0 Å². The van der Waals surface area contributed by atoms with Crippen LogP contribution in [0.25, 0.3) is 0 Å². The fourth-order valence-electron chi connectivity index (χ4n) is 3.75. The van der Waals surface area contributed by atoms with E-state index in [1.807, 2.05) is 6.07 Å². The second kappa shape index (κ2) is 5.70. The van der Waals surface area contributed by atoms with Crippen LogP contribution < -0.4 is 0 Å². The van der Waals surface area contributed by atoms with Gasteiger partial charge in [-0.25, -0.2) is 0 Å². The van der Waals surface area contributed by atoms with Crippen molar-refractivity contribution in [1.29, 1.82) is 0 Å². The van der Waals surface area contributed by atoms with E-state index < -0.39 is 5.97 Å². The van der Waals surface area contributed by atoms with E-state index in [9.17, 15) is 9.90 Å². The normalized spacial score (nSPS) is 30.1. The van der Waals surface area contributed by atoms with Crippen molar-refractivity contribution in [3.63, 3.8) is 0 Å². The predicted octanol–water partition coefficient (Wildman–Crippen LogP) is 2.95. The zero-order valence-electron chi connectivity index (χ0n) is 11.3. The summed E-state index contributed by atoms with van der Waals surface area (Å²) in [6, 6.07) is 1.92. The van der Waals surface area contributed by atoms with Crippen molar-refractivity contribution in [3.05, 3.63) is 29.0 Å². The molecule has 108 valence electrons. The number of carbonyl (C=O) groups is 1. The number of aromatic nitrogens is 1. The third-order valence-corrected chi connectivity index (χ3v) is 5.06. The van der Waals surface area contributed by atoms with Gasteiger partial charge >= 0.3 is 5.97 Å². The van der Waals surface area contributed by atoms with Gasteiger partial charge in [-0.1, -0.05) is 24.4 Å². The molecule has 1 aromatic heterocycles. The van der Waals surface area contributed by atoms with Gasteiger partial charge < -0.3 is 5.11 Å². The molecule has 5 heteroatoms. The summed E-state index contributed by atoms with van der Waals surface area (Å²) in [4.78, 5) is 17.7. The molecule has 4 nitrogen and oxygen atoms in total. The first kappa shape index (κ1) is 13.8. The molecule has 0 unspecified atom stereocenters. The smallest absolute Gasteiger partial charge is 0.320 e. The molecular weight excluding hydrogens is 276 g/mol. The molecule has 1 saturated carbocycles. The van der Waals surface area contributed by atoms with E-state index in [2.05, 4.69) is 9.88 Å². The highest BCUT2D eigenvalue weighted by Crippen LogP contribution is 2.40. The number of fused-ring (bicyclic) bond motifs is 1. The molecule has 0 radical (unpaired) electrons. The molecule has 0 amide bonds.